The highest BCUT2D eigenvalue weighted by atomic mass is 32.1. The molecule has 2 aliphatic rings. The number of carbonyl (C=O) groups is 1. The molecule has 0 saturated heterocycles. The number of thiazole rings is 1. The van der Waals surface area contributed by atoms with Gasteiger partial charge in [-0.2, -0.15) is 0 Å². The third kappa shape index (κ3) is 2.52. The first-order chi connectivity index (χ1) is 12.7. The molecule has 1 aromatic carbocycles. The van der Waals surface area contributed by atoms with Crippen LogP contribution < -0.4 is 14.8 Å². The average Bonchev–Trinajstić information content (AvgIpc) is 3.34. The summed E-state index contributed by atoms with van der Waals surface area (Å²) in [4.78, 5) is 18.4. The Balaban J connectivity index is 1.51. The lowest BCUT2D eigenvalue weighted by Crippen LogP contribution is -2.08. The molecule has 134 valence electrons. The van der Waals surface area contributed by atoms with E-state index in [0.717, 1.165) is 56.7 Å². The quantitative estimate of drug-likeness (QED) is 0.664. The summed E-state index contributed by atoms with van der Waals surface area (Å²) in [6.45, 7) is 2.45. The van der Waals surface area contributed by atoms with Gasteiger partial charge in [0.1, 0.15) is 5.00 Å². The molecule has 26 heavy (non-hydrogen) atoms. The Morgan fingerprint density at radius 2 is 2.12 bits per heavy atom. The summed E-state index contributed by atoms with van der Waals surface area (Å²) in [7, 11) is 0. The van der Waals surface area contributed by atoms with E-state index in [1.54, 1.807) is 11.3 Å². The van der Waals surface area contributed by atoms with Crippen LogP contribution in [-0.2, 0) is 17.6 Å². The Bertz CT molecular complexity index is 983. The van der Waals surface area contributed by atoms with Crippen LogP contribution in [0, 0.1) is 0 Å². The van der Waals surface area contributed by atoms with E-state index in [4.69, 9.17) is 14.2 Å². The largest absolute Gasteiger partial charge is 0.462 e. The number of esters is 1. The number of thiophene rings is 1. The van der Waals surface area contributed by atoms with Crippen LogP contribution in [0.25, 0.3) is 10.2 Å². The van der Waals surface area contributed by atoms with Crippen LogP contribution in [0.2, 0.25) is 0 Å². The zero-order valence-corrected chi connectivity index (χ0v) is 15.7. The number of anilines is 2. The van der Waals surface area contributed by atoms with Crippen molar-refractivity contribution in [2.24, 2.45) is 0 Å². The Morgan fingerprint density at radius 3 is 2.96 bits per heavy atom. The number of rotatable bonds is 4. The second kappa shape index (κ2) is 6.14. The topological polar surface area (TPSA) is 69.7 Å². The maximum Gasteiger partial charge on any atom is 0.341 e. The molecule has 2 aromatic heterocycles. The molecule has 5 rings (SSSR count). The maximum atomic E-state index is 12.5. The van der Waals surface area contributed by atoms with Crippen LogP contribution in [0.5, 0.6) is 11.5 Å². The minimum absolute atomic E-state index is 0.251. The second-order valence-electron chi connectivity index (χ2n) is 6.10. The molecule has 1 N–H and O–H groups in total. The standard InChI is InChI=1S/C18H16N2O4S2/c1-2-22-17(21)15-9-4-3-5-13(9)25-16(15)20-18-19-10-6-11-12(24-8-23-11)7-14(10)26-18/h6-7H,2-5,8H2,1H3,(H,19,20). The maximum absolute atomic E-state index is 12.5. The summed E-state index contributed by atoms with van der Waals surface area (Å²) in [6.07, 6.45) is 3.05. The van der Waals surface area contributed by atoms with Crippen LogP contribution >= 0.6 is 22.7 Å². The van der Waals surface area contributed by atoms with Gasteiger partial charge < -0.3 is 19.5 Å². The van der Waals surface area contributed by atoms with Gasteiger partial charge in [0.05, 0.1) is 22.4 Å². The molecule has 6 nitrogen and oxygen atoms in total. The van der Waals surface area contributed by atoms with E-state index in [2.05, 4.69) is 10.3 Å². The van der Waals surface area contributed by atoms with Crippen LogP contribution in [-0.4, -0.2) is 24.4 Å². The first-order valence-corrected chi connectivity index (χ1v) is 10.1. The molecule has 0 spiro atoms. The van der Waals surface area contributed by atoms with Gasteiger partial charge in [0.2, 0.25) is 6.79 Å². The molecule has 0 fully saturated rings. The molecule has 3 aromatic rings. The number of nitrogens with one attached hydrogen (secondary N) is 1. The minimum atomic E-state index is -0.253. The van der Waals surface area contributed by atoms with E-state index in [9.17, 15) is 4.79 Å². The fourth-order valence-electron chi connectivity index (χ4n) is 3.38. The number of fused-ring (bicyclic) bond motifs is 3. The fourth-order valence-corrected chi connectivity index (χ4v) is 5.60. The SMILES string of the molecule is CCOC(=O)c1c(Nc2nc3cc4c(cc3s2)OCO4)sc2c1CCC2. The Kier molecular flexibility index (Phi) is 3.75. The third-order valence-electron chi connectivity index (χ3n) is 4.50. The highest BCUT2D eigenvalue weighted by Crippen LogP contribution is 2.43. The van der Waals surface area contributed by atoms with Crippen LogP contribution in [0.4, 0.5) is 10.1 Å². The van der Waals surface area contributed by atoms with Gasteiger partial charge in [0, 0.05) is 17.0 Å². The lowest BCUT2D eigenvalue weighted by Gasteiger charge is -2.06. The summed E-state index contributed by atoms with van der Waals surface area (Å²) in [5, 5.41) is 4.92. The number of hydrogen-bond donors (Lipinski definition) is 1. The molecule has 1 aliphatic heterocycles. The van der Waals surface area contributed by atoms with Crippen LogP contribution in [0.15, 0.2) is 12.1 Å². The van der Waals surface area contributed by atoms with Gasteiger partial charge in [-0.25, -0.2) is 9.78 Å². The molecular formula is C18H16N2O4S2. The van der Waals surface area contributed by atoms with Crippen molar-refractivity contribution in [1.29, 1.82) is 0 Å². The first-order valence-electron chi connectivity index (χ1n) is 8.52. The molecule has 0 amide bonds. The van der Waals surface area contributed by atoms with E-state index in [1.807, 2.05) is 19.1 Å². The van der Waals surface area contributed by atoms with E-state index < -0.39 is 0 Å². The second-order valence-corrected chi connectivity index (χ2v) is 8.23. The number of benzene rings is 1. The number of ether oxygens (including phenoxy) is 3. The van der Waals surface area contributed by atoms with Gasteiger partial charge in [-0.05, 0) is 31.7 Å². The number of aryl methyl sites for hydroxylation is 1. The van der Waals surface area contributed by atoms with Gasteiger partial charge in [-0.1, -0.05) is 11.3 Å². The number of aromatic nitrogens is 1. The van der Waals surface area contributed by atoms with E-state index in [1.165, 1.54) is 16.2 Å². The minimum Gasteiger partial charge on any atom is -0.462 e. The Labute approximate surface area is 157 Å². The molecular weight excluding hydrogens is 372 g/mol. The number of hydrogen-bond acceptors (Lipinski definition) is 8. The van der Waals surface area contributed by atoms with E-state index in [0.29, 0.717) is 12.2 Å². The highest BCUT2D eigenvalue weighted by molar-refractivity contribution is 7.23. The summed E-state index contributed by atoms with van der Waals surface area (Å²) < 4.78 is 17.1. The molecule has 3 heterocycles. The van der Waals surface area contributed by atoms with E-state index in [-0.39, 0.29) is 12.8 Å². The first kappa shape index (κ1) is 15.9. The number of nitrogens with zero attached hydrogens (tertiary/aromatic N) is 1. The van der Waals surface area contributed by atoms with Crippen molar-refractivity contribution in [3.05, 3.63) is 28.1 Å². The molecule has 8 heteroatoms. The molecule has 1 aliphatic carbocycles. The highest BCUT2D eigenvalue weighted by Gasteiger charge is 2.28. The molecule has 0 atom stereocenters. The zero-order valence-electron chi connectivity index (χ0n) is 14.1. The summed E-state index contributed by atoms with van der Waals surface area (Å²) >= 11 is 3.16. The van der Waals surface area contributed by atoms with Crippen LogP contribution in [0.3, 0.4) is 0 Å². The van der Waals surface area contributed by atoms with Crippen molar-refractivity contribution >= 4 is 49.0 Å². The summed E-state index contributed by atoms with van der Waals surface area (Å²) in [5.41, 5.74) is 2.67. The van der Waals surface area contributed by atoms with E-state index >= 15 is 0 Å². The van der Waals surface area contributed by atoms with Gasteiger partial charge in [0.15, 0.2) is 16.6 Å². The predicted molar refractivity (Wildman–Crippen MR) is 101 cm³/mol. The molecule has 0 radical (unpaired) electrons. The van der Waals surface area contributed by atoms with Gasteiger partial charge in [0.25, 0.3) is 0 Å². The van der Waals surface area contributed by atoms with Crippen molar-refractivity contribution in [2.75, 3.05) is 18.7 Å². The lowest BCUT2D eigenvalue weighted by molar-refractivity contribution is 0.0527. The van der Waals surface area contributed by atoms with Crippen molar-refractivity contribution in [1.82, 2.24) is 4.98 Å². The summed E-state index contributed by atoms with van der Waals surface area (Å²) in [5.74, 6) is 1.21. The van der Waals surface area contributed by atoms with Gasteiger partial charge in [-0.15, -0.1) is 11.3 Å². The zero-order chi connectivity index (χ0) is 17.7. The molecule has 0 saturated carbocycles. The average molecular weight is 388 g/mol. The van der Waals surface area contributed by atoms with Crippen molar-refractivity contribution in [2.45, 2.75) is 26.2 Å². The Hall–Kier alpha value is -2.32. The van der Waals surface area contributed by atoms with Crippen molar-refractivity contribution in [3.8, 4) is 11.5 Å². The monoisotopic (exact) mass is 388 g/mol. The summed E-state index contributed by atoms with van der Waals surface area (Å²) in [6, 6.07) is 3.83. The van der Waals surface area contributed by atoms with Crippen LogP contribution in [0.1, 0.15) is 34.1 Å². The Morgan fingerprint density at radius 1 is 1.27 bits per heavy atom. The molecule has 0 bridgehead atoms. The fraction of sp³-hybridized carbons (Fsp3) is 0.333. The smallest absolute Gasteiger partial charge is 0.341 e. The lowest BCUT2D eigenvalue weighted by atomic mass is 10.1. The van der Waals surface area contributed by atoms with Crippen molar-refractivity contribution in [3.63, 3.8) is 0 Å². The van der Waals surface area contributed by atoms with Gasteiger partial charge in [-0.3, -0.25) is 0 Å². The van der Waals surface area contributed by atoms with Crippen molar-refractivity contribution < 1.29 is 19.0 Å². The normalized spacial score (nSPS) is 14.7. The third-order valence-corrected chi connectivity index (χ3v) is 6.64. The van der Waals surface area contributed by atoms with Gasteiger partial charge >= 0.3 is 5.97 Å². The molecule has 0 unspecified atom stereocenters. The number of carbonyl (C=O) groups excluding carboxylic acids is 1. The predicted octanol–water partition coefficient (Wildman–Crippen LogP) is 4.50.